The van der Waals surface area contributed by atoms with Gasteiger partial charge in [0.05, 0.1) is 6.10 Å². The first-order valence-electron chi connectivity index (χ1n) is 5.63. The molecule has 2 unspecified atom stereocenters. The Morgan fingerprint density at radius 3 is 3.14 bits per heavy atom. The normalized spacial score (nSPS) is 34.8. The third kappa shape index (κ3) is 1.15. The molecule has 14 heavy (non-hydrogen) atoms. The van der Waals surface area contributed by atoms with Crippen LogP contribution < -0.4 is 0 Å². The van der Waals surface area contributed by atoms with E-state index in [4.69, 9.17) is 4.74 Å². The molecule has 0 aromatic carbocycles. The molecule has 0 N–H and O–H groups in total. The van der Waals surface area contributed by atoms with Crippen LogP contribution in [0, 0.1) is 5.92 Å². The Morgan fingerprint density at radius 2 is 2.21 bits per heavy atom. The zero-order chi connectivity index (χ0) is 9.54. The predicted octanol–water partition coefficient (Wildman–Crippen LogP) is 3.35. The second kappa shape index (κ2) is 3.01. The van der Waals surface area contributed by atoms with Crippen molar-refractivity contribution in [2.24, 2.45) is 5.92 Å². The number of hydrogen-bond donors (Lipinski definition) is 0. The molecular weight excluding hydrogens is 172 g/mol. The molecule has 0 amide bonds. The summed E-state index contributed by atoms with van der Waals surface area (Å²) in [6.07, 6.45) is 12.1. The van der Waals surface area contributed by atoms with Gasteiger partial charge in [-0.3, -0.25) is 0 Å². The molecule has 1 heteroatoms. The van der Waals surface area contributed by atoms with Crippen LogP contribution in [-0.4, -0.2) is 6.10 Å². The van der Waals surface area contributed by atoms with E-state index in [1.165, 1.54) is 42.6 Å². The molecule has 2 aliphatic carbocycles. The summed E-state index contributed by atoms with van der Waals surface area (Å²) in [6, 6.07) is 0. The van der Waals surface area contributed by atoms with Crippen LogP contribution in [0.5, 0.6) is 0 Å². The summed E-state index contributed by atoms with van der Waals surface area (Å²) in [6.45, 7) is 2.18. The molecule has 0 aromatic heterocycles. The van der Waals surface area contributed by atoms with E-state index < -0.39 is 0 Å². The molecule has 0 saturated carbocycles. The number of hydrogen-bond acceptors (Lipinski definition) is 1. The molecule has 0 radical (unpaired) electrons. The molecule has 0 aromatic rings. The molecule has 2 atom stereocenters. The van der Waals surface area contributed by atoms with Crippen molar-refractivity contribution in [3.63, 3.8) is 0 Å². The average molecular weight is 188 g/mol. The van der Waals surface area contributed by atoms with Gasteiger partial charge in [0.25, 0.3) is 0 Å². The van der Waals surface area contributed by atoms with E-state index in [9.17, 15) is 0 Å². The van der Waals surface area contributed by atoms with Gasteiger partial charge in [-0.2, -0.15) is 0 Å². The molecule has 1 saturated heterocycles. The van der Waals surface area contributed by atoms with Gasteiger partial charge in [0, 0.05) is 11.5 Å². The minimum Gasteiger partial charge on any atom is -0.494 e. The molecule has 1 aliphatic heterocycles. The van der Waals surface area contributed by atoms with Gasteiger partial charge >= 0.3 is 0 Å². The maximum atomic E-state index is 5.99. The molecule has 1 fully saturated rings. The van der Waals surface area contributed by atoms with Crippen LogP contribution in [0.1, 0.15) is 32.6 Å². The van der Waals surface area contributed by atoms with Gasteiger partial charge in [0.1, 0.15) is 5.76 Å². The average Bonchev–Trinajstić information content (AvgIpc) is 2.65. The van der Waals surface area contributed by atoms with E-state index in [2.05, 4.69) is 25.2 Å². The van der Waals surface area contributed by atoms with Crippen molar-refractivity contribution in [1.82, 2.24) is 0 Å². The lowest BCUT2D eigenvalue weighted by atomic mass is 9.81. The lowest BCUT2D eigenvalue weighted by Crippen LogP contribution is -2.25. The zero-order valence-corrected chi connectivity index (χ0v) is 8.62. The minimum atomic E-state index is 0.419. The molecule has 1 heterocycles. The fourth-order valence-corrected chi connectivity index (χ4v) is 2.74. The number of rotatable bonds is 0. The monoisotopic (exact) mass is 188 g/mol. The van der Waals surface area contributed by atoms with Gasteiger partial charge in [-0.25, -0.2) is 0 Å². The van der Waals surface area contributed by atoms with E-state index in [0.717, 1.165) is 0 Å². The standard InChI is InChI=1S/C13H16O/c1-9-5-6-11-8-7-10-3-2-4-12(10)13(11)14-9/h2-4,9,11H,5-8H2,1H3. The van der Waals surface area contributed by atoms with Crippen LogP contribution in [0.3, 0.4) is 0 Å². The van der Waals surface area contributed by atoms with Crippen molar-refractivity contribution in [2.45, 2.75) is 38.7 Å². The van der Waals surface area contributed by atoms with Crippen LogP contribution in [0.2, 0.25) is 0 Å². The molecule has 74 valence electrons. The Labute approximate surface area is 85.1 Å². The van der Waals surface area contributed by atoms with Crippen LogP contribution >= 0.6 is 0 Å². The maximum absolute atomic E-state index is 5.99. The largest absolute Gasteiger partial charge is 0.494 e. The van der Waals surface area contributed by atoms with Gasteiger partial charge in [-0.15, -0.1) is 0 Å². The lowest BCUT2D eigenvalue weighted by molar-refractivity contribution is 0.0518. The first-order valence-corrected chi connectivity index (χ1v) is 5.63. The smallest absolute Gasteiger partial charge is 0.107 e. The lowest BCUT2D eigenvalue weighted by Gasteiger charge is -2.35. The van der Waals surface area contributed by atoms with Crippen molar-refractivity contribution in [1.29, 1.82) is 0 Å². The van der Waals surface area contributed by atoms with E-state index in [1.54, 1.807) is 0 Å². The third-order valence-corrected chi connectivity index (χ3v) is 3.55. The highest BCUT2D eigenvalue weighted by molar-refractivity contribution is 5.52. The second-order valence-electron chi connectivity index (χ2n) is 4.57. The summed E-state index contributed by atoms with van der Waals surface area (Å²) in [7, 11) is 0. The van der Waals surface area contributed by atoms with Gasteiger partial charge in [0.2, 0.25) is 0 Å². The summed E-state index contributed by atoms with van der Waals surface area (Å²) in [5, 5.41) is 0. The summed E-state index contributed by atoms with van der Waals surface area (Å²) >= 11 is 0. The van der Waals surface area contributed by atoms with Crippen molar-refractivity contribution in [2.75, 3.05) is 0 Å². The molecule has 0 bridgehead atoms. The fraction of sp³-hybridized carbons (Fsp3) is 0.538. The summed E-state index contributed by atoms with van der Waals surface area (Å²) < 4.78 is 5.99. The summed E-state index contributed by atoms with van der Waals surface area (Å²) in [4.78, 5) is 0. The first kappa shape index (κ1) is 8.34. The van der Waals surface area contributed by atoms with Crippen LogP contribution in [0.15, 0.2) is 35.1 Å². The highest BCUT2D eigenvalue weighted by Crippen LogP contribution is 2.42. The SMILES string of the molecule is CC1CCC2CCC3=CC=CC3=C2O1. The van der Waals surface area contributed by atoms with E-state index in [1.807, 2.05) is 0 Å². The van der Waals surface area contributed by atoms with Crippen LogP contribution in [0.25, 0.3) is 0 Å². The molecule has 3 rings (SSSR count). The maximum Gasteiger partial charge on any atom is 0.107 e. The molecule has 1 nitrogen and oxygen atoms in total. The second-order valence-corrected chi connectivity index (χ2v) is 4.57. The highest BCUT2D eigenvalue weighted by Gasteiger charge is 2.31. The fourth-order valence-electron chi connectivity index (χ4n) is 2.74. The van der Waals surface area contributed by atoms with Crippen molar-refractivity contribution in [3.05, 3.63) is 35.1 Å². The molecular formula is C13H16O. The molecule has 0 spiro atoms. The van der Waals surface area contributed by atoms with Crippen LogP contribution in [0.4, 0.5) is 0 Å². The number of allylic oxidation sites excluding steroid dienone is 6. The molecule has 3 aliphatic rings. The Kier molecular flexibility index (Phi) is 1.79. The Hall–Kier alpha value is -0.980. The van der Waals surface area contributed by atoms with Gasteiger partial charge in [-0.05, 0) is 38.2 Å². The summed E-state index contributed by atoms with van der Waals surface area (Å²) in [5.74, 6) is 2.00. The van der Waals surface area contributed by atoms with Gasteiger partial charge in [-0.1, -0.05) is 18.2 Å². The zero-order valence-electron chi connectivity index (χ0n) is 8.62. The third-order valence-electron chi connectivity index (χ3n) is 3.55. The topological polar surface area (TPSA) is 9.23 Å². The Bertz CT molecular complexity index is 346. The van der Waals surface area contributed by atoms with E-state index in [-0.39, 0.29) is 0 Å². The summed E-state index contributed by atoms with van der Waals surface area (Å²) in [5.41, 5.74) is 2.89. The first-order chi connectivity index (χ1) is 6.84. The van der Waals surface area contributed by atoms with Gasteiger partial charge in [0.15, 0.2) is 0 Å². The van der Waals surface area contributed by atoms with Gasteiger partial charge < -0.3 is 4.74 Å². The van der Waals surface area contributed by atoms with Crippen molar-refractivity contribution >= 4 is 0 Å². The van der Waals surface area contributed by atoms with Crippen molar-refractivity contribution in [3.8, 4) is 0 Å². The Balaban J connectivity index is 2.01. The Morgan fingerprint density at radius 1 is 1.29 bits per heavy atom. The van der Waals surface area contributed by atoms with Crippen molar-refractivity contribution < 1.29 is 4.74 Å². The van der Waals surface area contributed by atoms with E-state index >= 15 is 0 Å². The number of fused-ring (bicyclic) bond motifs is 2. The predicted molar refractivity (Wildman–Crippen MR) is 56.8 cm³/mol. The highest BCUT2D eigenvalue weighted by atomic mass is 16.5. The van der Waals surface area contributed by atoms with Crippen LogP contribution in [-0.2, 0) is 4.74 Å². The minimum absolute atomic E-state index is 0.419. The number of ether oxygens (including phenoxy) is 1. The van der Waals surface area contributed by atoms with E-state index in [0.29, 0.717) is 12.0 Å². The quantitative estimate of drug-likeness (QED) is 0.566.